The summed E-state index contributed by atoms with van der Waals surface area (Å²) in [4.78, 5) is 15.1. The van der Waals surface area contributed by atoms with Crippen LogP contribution >= 0.6 is 0 Å². The van der Waals surface area contributed by atoms with E-state index < -0.39 is 0 Å². The van der Waals surface area contributed by atoms with E-state index in [-0.39, 0.29) is 18.2 Å². The van der Waals surface area contributed by atoms with Crippen LogP contribution in [0.4, 0.5) is 5.69 Å². The third-order valence-electron chi connectivity index (χ3n) is 4.77. The molecule has 5 nitrogen and oxygen atoms in total. The summed E-state index contributed by atoms with van der Waals surface area (Å²) in [6.07, 6.45) is 1.97. The van der Waals surface area contributed by atoms with Crippen molar-refractivity contribution in [3.8, 4) is 11.5 Å². The minimum absolute atomic E-state index is 0.0685. The molecule has 5 heteroatoms. The maximum atomic E-state index is 13.1. The number of para-hydroxylation sites is 1. The summed E-state index contributed by atoms with van der Waals surface area (Å²) in [7, 11) is 1.64. The van der Waals surface area contributed by atoms with Gasteiger partial charge in [-0.25, -0.2) is 0 Å². The number of carbonyl (C=O) groups is 1. The lowest BCUT2D eigenvalue weighted by Crippen LogP contribution is -2.44. The smallest absolute Gasteiger partial charge is 0.258 e. The number of carbonyl (C=O) groups excluding carboxylic acids is 1. The van der Waals surface area contributed by atoms with Gasteiger partial charge in [0.05, 0.1) is 18.8 Å². The van der Waals surface area contributed by atoms with Crippen LogP contribution in [0.1, 0.15) is 48.8 Å². The van der Waals surface area contributed by atoms with Crippen LogP contribution in [0, 0.1) is 0 Å². The summed E-state index contributed by atoms with van der Waals surface area (Å²) in [5.74, 6) is 1.49. The molecule has 1 aliphatic carbocycles. The van der Waals surface area contributed by atoms with E-state index in [1.54, 1.807) is 7.11 Å². The van der Waals surface area contributed by atoms with Crippen molar-refractivity contribution in [3.05, 3.63) is 53.6 Å². The first-order chi connectivity index (χ1) is 12.6. The number of nitrogens with zero attached hydrogens (tertiary/aromatic N) is 1. The molecule has 1 atom stereocenters. The Hall–Kier alpha value is -2.69. The van der Waals surface area contributed by atoms with Gasteiger partial charge in [0.25, 0.3) is 5.91 Å². The highest BCUT2D eigenvalue weighted by Crippen LogP contribution is 2.42. The standard InChI is InChI=1S/C21H24N2O3/c1-13(2)26-18-11-8-14(12-19(18)25-3)20-22-17-7-5-4-6-16(17)21(24)23(20)15-9-10-15/h4-8,11-13,15,20,22H,9-10H2,1-3H3/t20-/m1/s1. The summed E-state index contributed by atoms with van der Waals surface area (Å²) >= 11 is 0. The zero-order valence-corrected chi connectivity index (χ0v) is 15.4. The lowest BCUT2D eigenvalue weighted by atomic mass is 10.0. The molecule has 0 saturated heterocycles. The van der Waals surface area contributed by atoms with Crippen LogP contribution in [-0.2, 0) is 0 Å². The van der Waals surface area contributed by atoms with Crippen LogP contribution < -0.4 is 14.8 Å². The van der Waals surface area contributed by atoms with Crippen molar-refractivity contribution >= 4 is 11.6 Å². The molecule has 2 aromatic carbocycles. The van der Waals surface area contributed by atoms with Crippen LogP contribution in [-0.4, -0.2) is 30.1 Å². The molecule has 2 aromatic rings. The van der Waals surface area contributed by atoms with Crippen molar-refractivity contribution in [2.45, 2.75) is 45.0 Å². The normalized spacial score (nSPS) is 19.2. The van der Waals surface area contributed by atoms with Crippen LogP contribution in [0.3, 0.4) is 0 Å². The van der Waals surface area contributed by atoms with Crippen molar-refractivity contribution in [1.29, 1.82) is 0 Å². The number of methoxy groups -OCH3 is 1. The third-order valence-corrected chi connectivity index (χ3v) is 4.77. The number of anilines is 1. The predicted molar refractivity (Wildman–Crippen MR) is 101 cm³/mol. The molecule has 0 bridgehead atoms. The topological polar surface area (TPSA) is 50.8 Å². The van der Waals surface area contributed by atoms with Crippen LogP contribution in [0.15, 0.2) is 42.5 Å². The van der Waals surface area contributed by atoms with Gasteiger partial charge in [-0.15, -0.1) is 0 Å². The summed E-state index contributed by atoms with van der Waals surface area (Å²) in [5.41, 5.74) is 2.61. The molecule has 0 aromatic heterocycles. The fourth-order valence-corrected chi connectivity index (χ4v) is 3.45. The SMILES string of the molecule is COc1cc([C@@H]2Nc3ccccc3C(=O)N2C2CC2)ccc1OC(C)C. The number of benzene rings is 2. The second kappa shape index (κ2) is 6.56. The number of hydrogen-bond donors (Lipinski definition) is 1. The molecule has 4 rings (SSSR count). The fraction of sp³-hybridized carbons (Fsp3) is 0.381. The van der Waals surface area contributed by atoms with Crippen molar-refractivity contribution in [1.82, 2.24) is 4.90 Å². The molecular formula is C21H24N2O3. The monoisotopic (exact) mass is 352 g/mol. The van der Waals surface area contributed by atoms with Gasteiger partial charge in [0.1, 0.15) is 6.17 Å². The van der Waals surface area contributed by atoms with E-state index >= 15 is 0 Å². The van der Waals surface area contributed by atoms with Crippen molar-refractivity contribution in [3.63, 3.8) is 0 Å². The van der Waals surface area contributed by atoms with E-state index in [1.807, 2.05) is 61.2 Å². The molecule has 2 aliphatic rings. The van der Waals surface area contributed by atoms with Crippen molar-refractivity contribution < 1.29 is 14.3 Å². The minimum Gasteiger partial charge on any atom is -0.493 e. The van der Waals surface area contributed by atoms with Gasteiger partial charge in [0.2, 0.25) is 0 Å². The van der Waals surface area contributed by atoms with E-state index in [1.165, 1.54) is 0 Å². The molecule has 26 heavy (non-hydrogen) atoms. The molecule has 136 valence electrons. The molecule has 1 heterocycles. The number of rotatable bonds is 5. The van der Waals surface area contributed by atoms with E-state index in [0.29, 0.717) is 17.5 Å². The predicted octanol–water partition coefficient (Wildman–Crippen LogP) is 4.21. The molecule has 0 unspecified atom stereocenters. The Morgan fingerprint density at radius 1 is 1.12 bits per heavy atom. The van der Waals surface area contributed by atoms with Gasteiger partial charge in [-0.3, -0.25) is 4.79 Å². The molecule has 1 aliphatic heterocycles. The van der Waals surface area contributed by atoms with Gasteiger partial charge in [-0.2, -0.15) is 0 Å². The molecular weight excluding hydrogens is 328 g/mol. The Morgan fingerprint density at radius 3 is 2.58 bits per heavy atom. The van der Waals surface area contributed by atoms with E-state index in [9.17, 15) is 4.79 Å². The average molecular weight is 352 g/mol. The Balaban J connectivity index is 1.73. The van der Waals surface area contributed by atoms with E-state index in [0.717, 1.165) is 29.7 Å². The lowest BCUT2D eigenvalue weighted by Gasteiger charge is -2.38. The van der Waals surface area contributed by atoms with Gasteiger partial charge in [0.15, 0.2) is 11.5 Å². The van der Waals surface area contributed by atoms with Crippen molar-refractivity contribution in [2.75, 3.05) is 12.4 Å². The van der Waals surface area contributed by atoms with Crippen LogP contribution in [0.2, 0.25) is 0 Å². The highest BCUT2D eigenvalue weighted by Gasteiger charge is 2.42. The number of amides is 1. The number of ether oxygens (including phenoxy) is 2. The maximum absolute atomic E-state index is 13.1. The van der Waals surface area contributed by atoms with Crippen molar-refractivity contribution in [2.24, 2.45) is 0 Å². The minimum atomic E-state index is -0.202. The summed E-state index contributed by atoms with van der Waals surface area (Å²) < 4.78 is 11.3. The quantitative estimate of drug-likeness (QED) is 0.876. The first-order valence-electron chi connectivity index (χ1n) is 9.11. The number of nitrogens with one attached hydrogen (secondary N) is 1. The zero-order valence-electron chi connectivity index (χ0n) is 15.4. The Kier molecular flexibility index (Phi) is 4.23. The summed E-state index contributed by atoms with van der Waals surface area (Å²) in [6, 6.07) is 13.9. The van der Waals surface area contributed by atoms with Gasteiger partial charge in [-0.05, 0) is 56.5 Å². The highest BCUT2D eigenvalue weighted by molar-refractivity contribution is 6.02. The molecule has 1 N–H and O–H groups in total. The van der Waals surface area contributed by atoms with Gasteiger partial charge in [-0.1, -0.05) is 18.2 Å². The zero-order chi connectivity index (χ0) is 18.3. The highest BCUT2D eigenvalue weighted by atomic mass is 16.5. The van der Waals surface area contributed by atoms with Gasteiger partial charge >= 0.3 is 0 Å². The van der Waals surface area contributed by atoms with Crippen LogP contribution in [0.25, 0.3) is 0 Å². The first-order valence-corrected chi connectivity index (χ1v) is 9.11. The summed E-state index contributed by atoms with van der Waals surface area (Å²) in [6.45, 7) is 3.97. The molecule has 0 radical (unpaired) electrons. The molecule has 0 spiro atoms. The Morgan fingerprint density at radius 2 is 1.88 bits per heavy atom. The molecule has 1 fully saturated rings. The average Bonchev–Trinajstić information content (AvgIpc) is 3.46. The third kappa shape index (κ3) is 2.98. The largest absolute Gasteiger partial charge is 0.493 e. The Labute approximate surface area is 153 Å². The number of fused-ring (bicyclic) bond motifs is 1. The number of hydrogen-bond acceptors (Lipinski definition) is 4. The Bertz CT molecular complexity index is 830. The lowest BCUT2D eigenvalue weighted by molar-refractivity contribution is 0.0666. The van der Waals surface area contributed by atoms with Crippen LogP contribution in [0.5, 0.6) is 11.5 Å². The van der Waals surface area contributed by atoms with E-state index in [2.05, 4.69) is 5.32 Å². The molecule has 1 saturated carbocycles. The second-order valence-electron chi connectivity index (χ2n) is 7.11. The molecule has 1 amide bonds. The fourth-order valence-electron chi connectivity index (χ4n) is 3.45. The van der Waals surface area contributed by atoms with Gasteiger partial charge in [0, 0.05) is 11.7 Å². The maximum Gasteiger partial charge on any atom is 0.258 e. The second-order valence-corrected chi connectivity index (χ2v) is 7.11. The van der Waals surface area contributed by atoms with Gasteiger partial charge < -0.3 is 19.7 Å². The summed E-state index contributed by atoms with van der Waals surface area (Å²) in [5, 5.41) is 3.54. The first kappa shape index (κ1) is 16.8. The van der Waals surface area contributed by atoms with E-state index in [4.69, 9.17) is 9.47 Å².